The minimum Gasteiger partial charge on any atom is -0.367 e. The van der Waals surface area contributed by atoms with Gasteiger partial charge in [0.05, 0.1) is 12.3 Å². The van der Waals surface area contributed by atoms with Crippen molar-refractivity contribution in [2.75, 3.05) is 6.54 Å². The summed E-state index contributed by atoms with van der Waals surface area (Å²) in [5, 5.41) is 9.11. The molecule has 5 heteroatoms. The molecule has 4 N–H and O–H groups in total. The lowest BCUT2D eigenvalue weighted by molar-refractivity contribution is 0.486. The Kier molecular flexibility index (Phi) is 2.16. The van der Waals surface area contributed by atoms with Crippen LogP contribution in [-0.4, -0.2) is 23.2 Å². The third-order valence-electron chi connectivity index (χ3n) is 1.99. The molecule has 0 saturated heterocycles. The lowest BCUT2D eigenvalue weighted by atomic mass is 10.1. The van der Waals surface area contributed by atoms with E-state index in [9.17, 15) is 0 Å². The van der Waals surface area contributed by atoms with Gasteiger partial charge in [0.25, 0.3) is 0 Å². The monoisotopic (exact) mass is 189 g/mol. The first kappa shape index (κ1) is 8.71. The standard InChI is InChI=1S/C9H11N5/c10-9-13-12-8(6-14(9)11)7-4-2-1-3-5-7/h1-5H,6,11H2,(H2,10,13). The molecule has 0 radical (unpaired) electrons. The summed E-state index contributed by atoms with van der Waals surface area (Å²) in [6, 6.07) is 9.76. The highest BCUT2D eigenvalue weighted by atomic mass is 15.5. The first-order valence-electron chi connectivity index (χ1n) is 4.25. The summed E-state index contributed by atoms with van der Waals surface area (Å²) in [6.07, 6.45) is 0. The van der Waals surface area contributed by atoms with Gasteiger partial charge < -0.3 is 5.73 Å². The Morgan fingerprint density at radius 2 is 1.86 bits per heavy atom. The van der Waals surface area contributed by atoms with E-state index in [1.54, 1.807) is 0 Å². The van der Waals surface area contributed by atoms with Crippen molar-refractivity contribution in [3.05, 3.63) is 35.9 Å². The van der Waals surface area contributed by atoms with Gasteiger partial charge in [0.2, 0.25) is 5.96 Å². The van der Waals surface area contributed by atoms with Crippen LogP contribution in [0.1, 0.15) is 5.56 Å². The van der Waals surface area contributed by atoms with Gasteiger partial charge >= 0.3 is 0 Å². The average molecular weight is 189 g/mol. The van der Waals surface area contributed by atoms with E-state index in [4.69, 9.17) is 11.6 Å². The van der Waals surface area contributed by atoms with Crippen LogP contribution in [-0.2, 0) is 0 Å². The number of hydrogen-bond acceptors (Lipinski definition) is 5. The number of guanidine groups is 1. The van der Waals surface area contributed by atoms with Crippen molar-refractivity contribution in [1.29, 1.82) is 0 Å². The highest BCUT2D eigenvalue weighted by Crippen LogP contribution is 2.05. The van der Waals surface area contributed by atoms with Gasteiger partial charge in [-0.25, -0.2) is 5.84 Å². The highest BCUT2D eigenvalue weighted by molar-refractivity contribution is 6.04. The van der Waals surface area contributed by atoms with E-state index in [-0.39, 0.29) is 5.96 Å². The molecule has 0 aliphatic carbocycles. The minimum atomic E-state index is 0.240. The maximum Gasteiger partial charge on any atom is 0.231 e. The predicted molar refractivity (Wildman–Crippen MR) is 55.5 cm³/mol. The van der Waals surface area contributed by atoms with Crippen LogP contribution >= 0.6 is 0 Å². The van der Waals surface area contributed by atoms with Crippen molar-refractivity contribution in [2.24, 2.45) is 21.8 Å². The average Bonchev–Trinajstić information content (AvgIpc) is 2.23. The van der Waals surface area contributed by atoms with Gasteiger partial charge in [-0.15, -0.1) is 10.2 Å². The molecule has 0 amide bonds. The number of nitrogens with zero attached hydrogens (tertiary/aromatic N) is 3. The van der Waals surface area contributed by atoms with Gasteiger partial charge in [-0.3, -0.25) is 5.01 Å². The third kappa shape index (κ3) is 1.57. The fraction of sp³-hybridized carbons (Fsp3) is 0.111. The van der Waals surface area contributed by atoms with E-state index in [1.165, 1.54) is 5.01 Å². The topological polar surface area (TPSA) is 80.0 Å². The van der Waals surface area contributed by atoms with Gasteiger partial charge in [0, 0.05) is 0 Å². The molecular formula is C9H11N5. The molecule has 5 nitrogen and oxygen atoms in total. The molecule has 0 atom stereocenters. The maximum absolute atomic E-state index is 5.60. The second-order valence-electron chi connectivity index (χ2n) is 3.00. The Bertz CT molecular complexity index is 381. The molecule has 1 aromatic carbocycles. The van der Waals surface area contributed by atoms with Crippen LogP contribution in [0.5, 0.6) is 0 Å². The van der Waals surface area contributed by atoms with Crippen molar-refractivity contribution >= 4 is 11.7 Å². The van der Waals surface area contributed by atoms with Crippen molar-refractivity contribution in [2.45, 2.75) is 0 Å². The molecule has 1 aliphatic heterocycles. The first-order chi connectivity index (χ1) is 6.77. The molecule has 0 saturated carbocycles. The number of hydrogen-bond donors (Lipinski definition) is 2. The zero-order valence-electron chi connectivity index (χ0n) is 7.59. The van der Waals surface area contributed by atoms with E-state index in [0.717, 1.165) is 11.3 Å². The number of rotatable bonds is 1. The summed E-state index contributed by atoms with van der Waals surface area (Å²) < 4.78 is 0. The minimum absolute atomic E-state index is 0.240. The Balaban J connectivity index is 2.30. The molecule has 0 aromatic heterocycles. The second kappa shape index (κ2) is 3.47. The summed E-state index contributed by atoms with van der Waals surface area (Å²) in [6.45, 7) is 0.485. The summed E-state index contributed by atoms with van der Waals surface area (Å²) in [7, 11) is 0. The Morgan fingerprint density at radius 3 is 2.50 bits per heavy atom. The number of nitrogens with two attached hydrogens (primary N) is 2. The summed E-state index contributed by atoms with van der Waals surface area (Å²) in [4.78, 5) is 0. The van der Waals surface area contributed by atoms with Crippen molar-refractivity contribution < 1.29 is 0 Å². The quantitative estimate of drug-likeness (QED) is 0.605. The summed E-state index contributed by atoms with van der Waals surface area (Å²) in [5.74, 6) is 5.84. The fourth-order valence-corrected chi connectivity index (χ4v) is 1.22. The SMILES string of the molecule is NC1=NN=C(c2ccccc2)CN1N. The maximum atomic E-state index is 5.60. The molecule has 0 fully saturated rings. The molecule has 1 heterocycles. The van der Waals surface area contributed by atoms with Gasteiger partial charge in [0.1, 0.15) is 0 Å². The molecular weight excluding hydrogens is 178 g/mol. The van der Waals surface area contributed by atoms with E-state index >= 15 is 0 Å². The van der Waals surface area contributed by atoms with Crippen molar-refractivity contribution in [3.8, 4) is 0 Å². The van der Waals surface area contributed by atoms with Crippen LogP contribution < -0.4 is 11.6 Å². The summed E-state index contributed by atoms with van der Waals surface area (Å²) in [5.41, 5.74) is 7.30. The Labute approximate surface area is 81.7 Å². The molecule has 0 bridgehead atoms. The van der Waals surface area contributed by atoms with Crippen LogP contribution in [0.4, 0.5) is 0 Å². The zero-order chi connectivity index (χ0) is 9.97. The van der Waals surface area contributed by atoms with Crippen LogP contribution in [0.3, 0.4) is 0 Å². The van der Waals surface area contributed by atoms with Crippen LogP contribution in [0.25, 0.3) is 0 Å². The third-order valence-corrected chi connectivity index (χ3v) is 1.99. The van der Waals surface area contributed by atoms with Gasteiger partial charge in [-0.1, -0.05) is 30.3 Å². The molecule has 0 unspecified atom stereocenters. The Hall–Kier alpha value is -1.88. The molecule has 14 heavy (non-hydrogen) atoms. The molecule has 0 spiro atoms. The zero-order valence-corrected chi connectivity index (χ0v) is 7.59. The van der Waals surface area contributed by atoms with Crippen molar-refractivity contribution in [1.82, 2.24) is 5.01 Å². The highest BCUT2D eigenvalue weighted by Gasteiger charge is 2.13. The van der Waals surface area contributed by atoms with E-state index in [2.05, 4.69) is 10.2 Å². The van der Waals surface area contributed by atoms with Crippen LogP contribution in [0, 0.1) is 0 Å². The lowest BCUT2D eigenvalue weighted by Crippen LogP contribution is -2.47. The van der Waals surface area contributed by atoms with Gasteiger partial charge in [-0.05, 0) is 5.56 Å². The van der Waals surface area contributed by atoms with Crippen LogP contribution in [0.15, 0.2) is 40.5 Å². The number of hydrazine groups is 1. The molecule has 72 valence electrons. The largest absolute Gasteiger partial charge is 0.367 e. The van der Waals surface area contributed by atoms with E-state index in [1.807, 2.05) is 30.3 Å². The van der Waals surface area contributed by atoms with Gasteiger partial charge in [-0.2, -0.15) is 0 Å². The van der Waals surface area contributed by atoms with E-state index in [0.29, 0.717) is 6.54 Å². The molecule has 1 aromatic rings. The van der Waals surface area contributed by atoms with Crippen molar-refractivity contribution in [3.63, 3.8) is 0 Å². The fourth-order valence-electron chi connectivity index (χ4n) is 1.22. The normalized spacial score (nSPS) is 16.2. The second-order valence-corrected chi connectivity index (χ2v) is 3.00. The van der Waals surface area contributed by atoms with Gasteiger partial charge in [0.15, 0.2) is 0 Å². The number of benzene rings is 1. The molecule has 2 rings (SSSR count). The summed E-state index contributed by atoms with van der Waals surface area (Å²) >= 11 is 0. The molecule has 1 aliphatic rings. The predicted octanol–water partition coefficient (Wildman–Crippen LogP) is -0.105. The first-order valence-corrected chi connectivity index (χ1v) is 4.25. The lowest BCUT2D eigenvalue weighted by Gasteiger charge is -2.20. The smallest absolute Gasteiger partial charge is 0.231 e. The van der Waals surface area contributed by atoms with E-state index < -0.39 is 0 Å². The van der Waals surface area contributed by atoms with Crippen LogP contribution in [0.2, 0.25) is 0 Å². The Morgan fingerprint density at radius 1 is 1.14 bits per heavy atom.